The summed E-state index contributed by atoms with van der Waals surface area (Å²) >= 11 is 0. The van der Waals surface area contributed by atoms with Crippen LogP contribution in [0.2, 0.25) is 0 Å². The SMILES string of the molecule is CC/C=C\C/C=C\C/C=C\C/C=C\C/C=C\C/C=C\CCC(=O)OC[C@H](COC(=O)CCCCCCCCCCC/C=C\CCCCCCCC)OC(=O)CCCCCCCCCCCCC. The highest BCUT2D eigenvalue weighted by molar-refractivity contribution is 5.71. The number of esters is 3. The Hall–Kier alpha value is -3.41. The molecule has 0 aromatic heterocycles. The minimum atomic E-state index is -0.805. The van der Waals surface area contributed by atoms with Gasteiger partial charge in [-0.25, -0.2) is 0 Å². The van der Waals surface area contributed by atoms with E-state index in [1.54, 1.807) is 0 Å². The van der Waals surface area contributed by atoms with Gasteiger partial charge in [0.1, 0.15) is 13.2 Å². The van der Waals surface area contributed by atoms with E-state index in [0.29, 0.717) is 19.3 Å². The number of hydrogen-bond acceptors (Lipinski definition) is 6. The van der Waals surface area contributed by atoms with Crippen molar-refractivity contribution in [3.63, 3.8) is 0 Å². The Kier molecular flexibility index (Phi) is 52.4. The summed E-state index contributed by atoms with van der Waals surface area (Å²) in [4.78, 5) is 38.0. The van der Waals surface area contributed by atoms with Gasteiger partial charge < -0.3 is 14.2 Å². The topological polar surface area (TPSA) is 78.9 Å². The summed E-state index contributed by atoms with van der Waals surface area (Å²) in [5.41, 5.74) is 0. The molecule has 0 aliphatic rings. The predicted octanol–water partition coefficient (Wildman–Crippen LogP) is 18.8. The average Bonchev–Trinajstić information content (AvgIpc) is 3.33. The van der Waals surface area contributed by atoms with Crippen molar-refractivity contribution in [3.05, 3.63) is 85.1 Å². The van der Waals surface area contributed by atoms with E-state index in [1.165, 1.54) is 141 Å². The van der Waals surface area contributed by atoms with Gasteiger partial charge in [-0.1, -0.05) is 247 Å². The fourth-order valence-electron chi connectivity index (χ4n) is 7.70. The molecular formula is C61H104O6. The van der Waals surface area contributed by atoms with Gasteiger partial charge in [-0.05, 0) is 83.5 Å². The zero-order valence-electron chi connectivity index (χ0n) is 43.9. The van der Waals surface area contributed by atoms with Crippen molar-refractivity contribution >= 4 is 17.9 Å². The normalized spacial score (nSPS) is 12.7. The minimum absolute atomic E-state index is 0.0990. The Morgan fingerprint density at radius 2 is 0.612 bits per heavy atom. The number of allylic oxidation sites excluding steroid dienone is 14. The first-order valence-corrected chi connectivity index (χ1v) is 28.1. The second-order valence-electron chi connectivity index (χ2n) is 18.5. The zero-order chi connectivity index (χ0) is 48.6. The van der Waals surface area contributed by atoms with E-state index in [4.69, 9.17) is 14.2 Å². The monoisotopic (exact) mass is 933 g/mol. The van der Waals surface area contributed by atoms with Crippen LogP contribution in [0.3, 0.4) is 0 Å². The second-order valence-corrected chi connectivity index (χ2v) is 18.5. The number of unbranched alkanes of at least 4 members (excludes halogenated alkanes) is 25. The van der Waals surface area contributed by atoms with Gasteiger partial charge in [0.25, 0.3) is 0 Å². The molecule has 0 aromatic carbocycles. The maximum Gasteiger partial charge on any atom is 0.306 e. The van der Waals surface area contributed by atoms with Crippen LogP contribution in [0.4, 0.5) is 0 Å². The summed E-state index contributed by atoms with van der Waals surface area (Å²) < 4.78 is 16.8. The van der Waals surface area contributed by atoms with Gasteiger partial charge in [-0.3, -0.25) is 14.4 Å². The third-order valence-corrected chi connectivity index (χ3v) is 11.9. The van der Waals surface area contributed by atoms with Gasteiger partial charge in [-0.15, -0.1) is 0 Å². The van der Waals surface area contributed by atoms with Gasteiger partial charge in [0.05, 0.1) is 0 Å². The highest BCUT2D eigenvalue weighted by Gasteiger charge is 2.19. The van der Waals surface area contributed by atoms with Gasteiger partial charge in [0.15, 0.2) is 6.10 Å². The number of carbonyl (C=O) groups excluding carboxylic acids is 3. The van der Waals surface area contributed by atoms with E-state index < -0.39 is 6.10 Å². The highest BCUT2D eigenvalue weighted by atomic mass is 16.6. The zero-order valence-corrected chi connectivity index (χ0v) is 43.9. The molecule has 384 valence electrons. The lowest BCUT2D eigenvalue weighted by Crippen LogP contribution is -2.30. The number of hydrogen-bond donors (Lipinski definition) is 0. The molecule has 0 unspecified atom stereocenters. The third-order valence-electron chi connectivity index (χ3n) is 11.9. The fourth-order valence-corrected chi connectivity index (χ4v) is 7.70. The fraction of sp³-hybridized carbons (Fsp3) is 0.721. The molecule has 0 rings (SSSR count). The van der Waals surface area contributed by atoms with E-state index in [1.807, 2.05) is 6.08 Å². The molecule has 67 heavy (non-hydrogen) atoms. The summed E-state index contributed by atoms with van der Waals surface area (Å²) in [6, 6.07) is 0. The van der Waals surface area contributed by atoms with Crippen LogP contribution in [0.5, 0.6) is 0 Å². The smallest absolute Gasteiger partial charge is 0.306 e. The van der Waals surface area contributed by atoms with Crippen LogP contribution in [0.25, 0.3) is 0 Å². The summed E-state index contributed by atoms with van der Waals surface area (Å²) in [6.07, 6.45) is 71.6. The molecule has 0 bridgehead atoms. The lowest BCUT2D eigenvalue weighted by atomic mass is 10.1. The Balaban J connectivity index is 4.42. The molecule has 0 aliphatic heterocycles. The van der Waals surface area contributed by atoms with Gasteiger partial charge in [0.2, 0.25) is 0 Å². The van der Waals surface area contributed by atoms with Gasteiger partial charge in [-0.2, -0.15) is 0 Å². The van der Waals surface area contributed by atoms with Crippen LogP contribution >= 0.6 is 0 Å². The lowest BCUT2D eigenvalue weighted by molar-refractivity contribution is -0.166. The molecule has 1 atom stereocenters. The minimum Gasteiger partial charge on any atom is -0.462 e. The van der Waals surface area contributed by atoms with Crippen molar-refractivity contribution in [2.24, 2.45) is 0 Å². The van der Waals surface area contributed by atoms with E-state index in [0.717, 1.165) is 77.0 Å². The van der Waals surface area contributed by atoms with E-state index >= 15 is 0 Å². The van der Waals surface area contributed by atoms with Crippen LogP contribution in [0.15, 0.2) is 85.1 Å². The first-order valence-electron chi connectivity index (χ1n) is 28.1. The Morgan fingerprint density at radius 3 is 1.00 bits per heavy atom. The molecule has 0 aliphatic carbocycles. The largest absolute Gasteiger partial charge is 0.462 e. The van der Waals surface area contributed by atoms with Crippen molar-refractivity contribution in [3.8, 4) is 0 Å². The summed E-state index contributed by atoms with van der Waals surface area (Å²) in [5.74, 6) is -0.985. The van der Waals surface area contributed by atoms with Crippen LogP contribution in [0.1, 0.15) is 265 Å². The van der Waals surface area contributed by atoms with Crippen molar-refractivity contribution in [2.45, 2.75) is 271 Å². The summed E-state index contributed by atoms with van der Waals surface area (Å²) in [6.45, 7) is 6.46. The quantitative estimate of drug-likeness (QED) is 0.0262. The van der Waals surface area contributed by atoms with E-state index in [2.05, 4.69) is 99.8 Å². The Morgan fingerprint density at radius 1 is 0.313 bits per heavy atom. The highest BCUT2D eigenvalue weighted by Crippen LogP contribution is 2.15. The van der Waals surface area contributed by atoms with E-state index in [-0.39, 0.29) is 37.5 Å². The standard InChI is InChI=1S/C61H104O6/c1-4-7-10-13-16-19-22-24-26-28-30-32-34-36-39-41-44-47-50-53-59(62)65-56-58(67-61(64)55-52-49-46-43-38-21-18-15-12-9-6-3)57-66-60(63)54-51-48-45-42-40-37-35-33-31-29-27-25-23-20-17-14-11-8-5-2/h7,10,16,19,24-27,30,32,36,39,44,47,58H,4-6,8-9,11-15,17-18,20-23,28-29,31,33-35,37-38,40-43,45-46,48-57H2,1-3H3/b10-7-,19-16-,26-24-,27-25-,32-30-,39-36-,47-44-/t58-/m1/s1. The number of ether oxygens (including phenoxy) is 3. The molecule has 0 fully saturated rings. The van der Waals surface area contributed by atoms with Crippen LogP contribution in [-0.4, -0.2) is 37.2 Å². The van der Waals surface area contributed by atoms with E-state index in [9.17, 15) is 14.4 Å². The number of carbonyl (C=O) groups is 3. The molecule has 0 aromatic rings. The van der Waals surface area contributed by atoms with Crippen LogP contribution in [-0.2, 0) is 28.6 Å². The van der Waals surface area contributed by atoms with Crippen molar-refractivity contribution in [1.82, 2.24) is 0 Å². The molecule has 0 heterocycles. The first-order chi connectivity index (χ1) is 33.0. The second kappa shape index (κ2) is 55.2. The van der Waals surface area contributed by atoms with Crippen molar-refractivity contribution in [1.29, 1.82) is 0 Å². The van der Waals surface area contributed by atoms with Gasteiger partial charge in [0, 0.05) is 19.3 Å². The maximum atomic E-state index is 12.8. The van der Waals surface area contributed by atoms with Crippen molar-refractivity contribution in [2.75, 3.05) is 13.2 Å². The van der Waals surface area contributed by atoms with Crippen LogP contribution in [0, 0.1) is 0 Å². The predicted molar refractivity (Wildman–Crippen MR) is 288 cm³/mol. The summed E-state index contributed by atoms with van der Waals surface area (Å²) in [5, 5.41) is 0. The Labute approximate surface area is 414 Å². The molecule has 0 spiro atoms. The molecule has 6 heteroatoms. The molecule has 0 saturated carbocycles. The Bertz CT molecular complexity index is 1300. The number of rotatable bonds is 50. The average molecular weight is 933 g/mol. The molecule has 0 radical (unpaired) electrons. The molecule has 0 amide bonds. The van der Waals surface area contributed by atoms with Gasteiger partial charge >= 0.3 is 17.9 Å². The summed E-state index contributed by atoms with van der Waals surface area (Å²) in [7, 11) is 0. The maximum absolute atomic E-state index is 12.8. The molecule has 0 N–H and O–H groups in total. The first kappa shape index (κ1) is 63.6. The molecule has 0 saturated heterocycles. The van der Waals surface area contributed by atoms with Crippen molar-refractivity contribution < 1.29 is 28.6 Å². The molecular weight excluding hydrogens is 829 g/mol. The third kappa shape index (κ3) is 53.4. The van der Waals surface area contributed by atoms with Crippen LogP contribution < -0.4 is 0 Å². The lowest BCUT2D eigenvalue weighted by Gasteiger charge is -2.18. The molecule has 6 nitrogen and oxygen atoms in total.